The molecule has 0 fully saturated rings. The Hall–Kier alpha value is -5.49. The fraction of sp³-hybridized carbons (Fsp3) is 0.667. The first-order valence-corrected chi connectivity index (χ1v) is 20.3. The molecular weight excluding hydrogens is 865 g/mol. The number of aliphatic imine (C=N–C) groups is 1. The van der Waals surface area contributed by atoms with Crippen molar-refractivity contribution in [3.05, 3.63) is 0 Å². The minimum Gasteiger partial charge on any atom is -0.480 e. The zero-order valence-corrected chi connectivity index (χ0v) is 35.8. The maximum Gasteiger partial charge on any atom is 0.327 e. The van der Waals surface area contributed by atoms with Gasteiger partial charge in [-0.2, -0.15) is 25.3 Å². The molecule has 27 nitrogen and oxygen atoms in total. The van der Waals surface area contributed by atoms with E-state index in [2.05, 4.69) is 78.1 Å². The second-order valence-corrected chi connectivity index (χ2v) is 14.0. The molecule has 0 unspecified atom stereocenters. The van der Waals surface area contributed by atoms with Crippen LogP contribution >= 0.6 is 25.3 Å². The fourth-order valence-corrected chi connectivity index (χ4v) is 5.19. The highest BCUT2D eigenvalue weighted by Gasteiger charge is 2.31. The molecule has 0 aromatic carbocycles. The molecule has 0 radical (unpaired) electrons. The van der Waals surface area contributed by atoms with Gasteiger partial charge in [-0.3, -0.25) is 48.1 Å². The van der Waals surface area contributed by atoms with Gasteiger partial charge in [0.1, 0.15) is 30.2 Å². The number of aliphatic hydroxyl groups excluding tert-OH is 2. The Labute approximate surface area is 367 Å². The van der Waals surface area contributed by atoms with Crippen molar-refractivity contribution in [1.29, 1.82) is 0 Å². The lowest BCUT2D eigenvalue weighted by Crippen LogP contribution is -2.59. The Morgan fingerprint density at radius 1 is 0.597 bits per heavy atom. The number of carboxylic acid groups (broad SMARTS) is 1. The van der Waals surface area contributed by atoms with Gasteiger partial charge in [0.25, 0.3) is 0 Å². The van der Waals surface area contributed by atoms with Crippen LogP contribution in [-0.4, -0.2) is 180 Å². The Balaban J connectivity index is 5.62. The third kappa shape index (κ3) is 24.1. The molecule has 62 heavy (non-hydrogen) atoms. The van der Waals surface area contributed by atoms with E-state index < -0.39 is 134 Å². The zero-order valence-electron chi connectivity index (χ0n) is 34.0. The Bertz CT molecular complexity index is 1570. The average Bonchev–Trinajstić information content (AvgIpc) is 3.22. The summed E-state index contributed by atoms with van der Waals surface area (Å²) in [6.07, 6.45) is -0.750. The second kappa shape index (κ2) is 31.4. The van der Waals surface area contributed by atoms with Gasteiger partial charge in [0.2, 0.25) is 53.2 Å². The van der Waals surface area contributed by atoms with E-state index in [4.69, 9.17) is 28.0 Å². The number of thiol groups is 2. The number of aliphatic carboxylic acids is 1. The van der Waals surface area contributed by atoms with Crippen molar-refractivity contribution >= 4 is 90.4 Å². The second-order valence-electron chi connectivity index (χ2n) is 13.3. The topological polar surface area (TPSA) is 456 Å². The highest BCUT2D eigenvalue weighted by Crippen LogP contribution is 2.04. The lowest BCUT2D eigenvalue weighted by Gasteiger charge is -2.25. The maximum atomic E-state index is 13.3. The van der Waals surface area contributed by atoms with Gasteiger partial charge >= 0.3 is 5.97 Å². The van der Waals surface area contributed by atoms with Crippen LogP contribution in [0.15, 0.2) is 4.99 Å². The molecule has 20 N–H and O–H groups in total. The molecule has 0 aliphatic heterocycles. The zero-order chi connectivity index (χ0) is 47.4. The summed E-state index contributed by atoms with van der Waals surface area (Å²) in [6.45, 7) is -2.18. The number of carboxylic acids is 1. The number of carbonyl (C=O) groups excluding carboxylic acids is 9. The first kappa shape index (κ1) is 56.5. The third-order valence-electron chi connectivity index (χ3n) is 8.14. The van der Waals surface area contributed by atoms with Crippen LogP contribution in [0.4, 0.5) is 0 Å². The number of amides is 9. The normalized spacial score (nSPS) is 14.0. The highest BCUT2D eigenvalue weighted by atomic mass is 32.1. The number of hydrogen-bond acceptors (Lipinski definition) is 17. The highest BCUT2D eigenvalue weighted by molar-refractivity contribution is 7.80. The molecule has 352 valence electrons. The van der Waals surface area contributed by atoms with Gasteiger partial charge in [-0.25, -0.2) is 4.79 Å². The van der Waals surface area contributed by atoms with Crippen molar-refractivity contribution in [2.24, 2.45) is 27.9 Å². The Morgan fingerprint density at radius 3 is 1.56 bits per heavy atom. The predicted molar refractivity (Wildman–Crippen MR) is 227 cm³/mol. The number of aliphatic hydroxyl groups is 2. The van der Waals surface area contributed by atoms with Gasteiger partial charge in [-0.1, -0.05) is 0 Å². The largest absolute Gasteiger partial charge is 0.480 e. The number of carbonyl (C=O) groups is 10. The van der Waals surface area contributed by atoms with E-state index in [0.29, 0.717) is 12.8 Å². The number of nitrogens with two attached hydrogens (primary N) is 4. The smallest absolute Gasteiger partial charge is 0.327 e. The van der Waals surface area contributed by atoms with Crippen molar-refractivity contribution in [1.82, 2.24) is 47.9 Å². The van der Waals surface area contributed by atoms with Crippen molar-refractivity contribution in [3.63, 3.8) is 0 Å². The van der Waals surface area contributed by atoms with E-state index in [1.165, 1.54) is 0 Å². The van der Waals surface area contributed by atoms with E-state index in [1.54, 1.807) is 0 Å². The number of nitrogens with one attached hydrogen (secondary N) is 9. The molecule has 0 saturated heterocycles. The van der Waals surface area contributed by atoms with Crippen LogP contribution in [0.3, 0.4) is 0 Å². The lowest BCUT2D eigenvalue weighted by atomic mass is 10.1. The minimum atomic E-state index is -1.67. The fourth-order valence-electron chi connectivity index (χ4n) is 4.77. The summed E-state index contributed by atoms with van der Waals surface area (Å²) in [5, 5.41) is 49.6. The maximum absolute atomic E-state index is 13.3. The molecule has 7 atom stereocenters. The molecule has 0 rings (SSSR count). The lowest BCUT2D eigenvalue weighted by molar-refractivity contribution is -0.141. The average molecular weight is 925 g/mol. The molecule has 0 aliphatic rings. The standard InChI is InChI=1S/C33H60N14O13S2/c1-16(49)26(31(58)42-12-25(53)45-21(15-62)32(59)60)47-30(57)19(6-4-8-38-33(36)37)44-24(52)11-41-28(55)20(13-48)46-29(56)18(5-2-3-7-34)43-23(51)10-39-22(50)9-40-27(54)17(35)14-61/h16-21,26,48-49,61-62H,2-15,34-35H2,1H3,(H,39,50)(H,40,54)(H,41,55)(H,42,58)(H,43,51)(H,44,52)(H,45,53)(H,46,56)(H,47,57)(H,59,60)(H4,36,37,38)/t16-,17+,18+,19+,20+,21+,26+/m1/s1. The number of hydrogen-bond donors (Lipinski definition) is 18. The summed E-state index contributed by atoms with van der Waals surface area (Å²) >= 11 is 7.71. The predicted octanol–water partition coefficient (Wildman–Crippen LogP) is -9.30. The van der Waals surface area contributed by atoms with E-state index in [1.807, 2.05) is 0 Å². The van der Waals surface area contributed by atoms with Crippen LogP contribution in [0.2, 0.25) is 0 Å². The summed E-state index contributed by atoms with van der Waals surface area (Å²) in [4.78, 5) is 129. The van der Waals surface area contributed by atoms with E-state index in [9.17, 15) is 58.2 Å². The molecule has 29 heteroatoms. The van der Waals surface area contributed by atoms with Crippen LogP contribution in [-0.2, 0) is 47.9 Å². The van der Waals surface area contributed by atoms with Crippen molar-refractivity contribution in [2.75, 3.05) is 57.4 Å². The summed E-state index contributed by atoms with van der Waals surface area (Å²) in [5.41, 5.74) is 21.7. The molecule has 0 spiro atoms. The number of rotatable bonds is 31. The SMILES string of the molecule is C[C@@H](O)[C@H](NC(=O)[C@H](CCCN=C(N)N)NC(=O)CNC(=O)[C@H](CO)NC(=O)[C@H](CCCCN)NC(=O)CNC(=O)CNC(=O)[C@@H](N)CS)C(=O)NCC(=O)N[C@@H](CS)C(=O)O. The van der Waals surface area contributed by atoms with Crippen LogP contribution in [0, 0.1) is 0 Å². The summed E-state index contributed by atoms with van der Waals surface area (Å²) in [5.74, 6) is -9.92. The Morgan fingerprint density at radius 2 is 1.08 bits per heavy atom. The molecule has 9 amide bonds. The molecule has 0 aliphatic carbocycles. The van der Waals surface area contributed by atoms with Gasteiger partial charge in [0.15, 0.2) is 5.96 Å². The Kier molecular flexibility index (Phi) is 28.6. The van der Waals surface area contributed by atoms with Crippen molar-refractivity contribution < 1.29 is 63.3 Å². The monoisotopic (exact) mass is 924 g/mol. The van der Waals surface area contributed by atoms with Gasteiger partial charge in [-0.15, -0.1) is 0 Å². The number of unbranched alkanes of at least 4 members (excludes halogenated alkanes) is 1. The number of nitrogens with zero attached hydrogens (tertiary/aromatic N) is 1. The third-order valence-corrected chi connectivity index (χ3v) is 8.90. The van der Waals surface area contributed by atoms with E-state index >= 15 is 0 Å². The van der Waals surface area contributed by atoms with Crippen molar-refractivity contribution in [3.8, 4) is 0 Å². The first-order valence-electron chi connectivity index (χ1n) is 19.0. The number of guanidine groups is 1. The summed E-state index contributed by atoms with van der Waals surface area (Å²) < 4.78 is 0. The minimum absolute atomic E-state index is 0.00414. The van der Waals surface area contributed by atoms with Crippen LogP contribution < -0.4 is 70.8 Å². The molecule has 0 aromatic rings. The van der Waals surface area contributed by atoms with Crippen LogP contribution in [0.5, 0.6) is 0 Å². The quantitative estimate of drug-likeness (QED) is 0.0133. The molecule has 0 heterocycles. The van der Waals surface area contributed by atoms with Gasteiger partial charge in [0, 0.05) is 18.1 Å². The van der Waals surface area contributed by atoms with Gasteiger partial charge in [-0.05, 0) is 45.6 Å². The van der Waals surface area contributed by atoms with Gasteiger partial charge in [0.05, 0.1) is 44.9 Å². The molecule has 0 aromatic heterocycles. The van der Waals surface area contributed by atoms with Crippen LogP contribution in [0.1, 0.15) is 39.0 Å². The first-order chi connectivity index (χ1) is 29.2. The molecule has 0 bridgehead atoms. The van der Waals surface area contributed by atoms with Gasteiger partial charge < -0.3 is 86.1 Å². The summed E-state index contributed by atoms with van der Waals surface area (Å²) in [7, 11) is 0. The van der Waals surface area contributed by atoms with Crippen molar-refractivity contribution in [2.45, 2.75) is 81.4 Å². The van der Waals surface area contributed by atoms with E-state index in [-0.39, 0.29) is 49.8 Å². The van der Waals surface area contributed by atoms with Crippen LogP contribution in [0.25, 0.3) is 0 Å². The summed E-state index contributed by atoms with van der Waals surface area (Å²) in [6, 6.07) is -8.32. The molecular formula is C33H60N14O13S2. The van der Waals surface area contributed by atoms with E-state index in [0.717, 1.165) is 6.92 Å². The molecule has 0 saturated carbocycles.